The monoisotopic (exact) mass is 168 g/mol. The molecular formula is C10H16S. The molecule has 0 atom stereocenters. The van der Waals surface area contributed by atoms with Gasteiger partial charge in [0.25, 0.3) is 0 Å². The van der Waals surface area contributed by atoms with Gasteiger partial charge < -0.3 is 0 Å². The molecular weight excluding hydrogens is 152 g/mol. The van der Waals surface area contributed by atoms with Crippen LogP contribution in [0.5, 0.6) is 0 Å². The first-order chi connectivity index (χ1) is 5.43. The quantitative estimate of drug-likeness (QED) is 0.459. The van der Waals surface area contributed by atoms with Crippen molar-refractivity contribution in [1.29, 1.82) is 0 Å². The van der Waals surface area contributed by atoms with Gasteiger partial charge in [-0.15, -0.1) is 12.3 Å². The number of hydrogen-bond donors (Lipinski definition) is 0. The smallest absolute Gasteiger partial charge is 0.00939 e. The fourth-order valence-corrected chi connectivity index (χ4v) is 2.79. The largest absolute Gasteiger partial charge is 0.159 e. The molecule has 1 aliphatic rings. The Morgan fingerprint density at radius 1 is 1.36 bits per heavy atom. The fraction of sp³-hybridized carbons (Fsp3) is 0.800. The van der Waals surface area contributed by atoms with Gasteiger partial charge in [0, 0.05) is 11.7 Å². The van der Waals surface area contributed by atoms with Gasteiger partial charge in [-0.05, 0) is 25.0 Å². The first-order valence-corrected chi connectivity index (χ1v) is 5.53. The lowest BCUT2D eigenvalue weighted by Gasteiger charge is -2.06. The number of hydrogen-bond acceptors (Lipinski definition) is 1. The first kappa shape index (κ1) is 9.00. The van der Waals surface area contributed by atoms with E-state index >= 15 is 0 Å². The van der Waals surface area contributed by atoms with Gasteiger partial charge in [-0.25, -0.2) is 0 Å². The van der Waals surface area contributed by atoms with Crippen LogP contribution in [0.15, 0.2) is 0 Å². The van der Waals surface area contributed by atoms with Crippen LogP contribution in [-0.4, -0.2) is 11.0 Å². The third kappa shape index (κ3) is 3.72. The van der Waals surface area contributed by atoms with Gasteiger partial charge in [0.05, 0.1) is 0 Å². The molecule has 0 spiro atoms. The Labute approximate surface area is 74.1 Å². The van der Waals surface area contributed by atoms with Crippen molar-refractivity contribution in [3.8, 4) is 12.3 Å². The van der Waals surface area contributed by atoms with Crippen molar-refractivity contribution in [2.75, 3.05) is 5.75 Å². The highest BCUT2D eigenvalue weighted by Crippen LogP contribution is 2.29. The molecule has 62 valence electrons. The van der Waals surface area contributed by atoms with E-state index in [0.717, 1.165) is 11.7 Å². The molecule has 0 bridgehead atoms. The topological polar surface area (TPSA) is 0 Å². The highest BCUT2D eigenvalue weighted by Gasteiger charge is 2.14. The number of thioether (sulfide) groups is 1. The van der Waals surface area contributed by atoms with E-state index in [0.29, 0.717) is 0 Å². The minimum atomic E-state index is 0.958. The minimum absolute atomic E-state index is 0.958. The molecule has 1 aliphatic carbocycles. The summed E-state index contributed by atoms with van der Waals surface area (Å²) in [4.78, 5) is 0. The standard InChI is InChI=1S/C10H16S/c1-2-3-6-9-11-10-7-4-5-8-10/h1,10H,3-9H2. The van der Waals surface area contributed by atoms with Crippen molar-refractivity contribution in [3.63, 3.8) is 0 Å². The summed E-state index contributed by atoms with van der Waals surface area (Å²) in [5.74, 6) is 3.95. The van der Waals surface area contributed by atoms with E-state index < -0.39 is 0 Å². The minimum Gasteiger partial charge on any atom is -0.159 e. The maximum atomic E-state index is 5.16. The van der Waals surface area contributed by atoms with E-state index in [-0.39, 0.29) is 0 Å². The molecule has 1 rings (SSSR count). The summed E-state index contributed by atoms with van der Waals surface area (Å²) in [5.41, 5.74) is 0. The van der Waals surface area contributed by atoms with E-state index in [1.165, 1.54) is 37.9 Å². The van der Waals surface area contributed by atoms with Crippen LogP contribution in [0.3, 0.4) is 0 Å². The molecule has 0 aliphatic heterocycles. The van der Waals surface area contributed by atoms with Crippen molar-refractivity contribution >= 4 is 11.8 Å². The molecule has 0 aromatic carbocycles. The molecule has 1 saturated carbocycles. The maximum absolute atomic E-state index is 5.16. The molecule has 0 N–H and O–H groups in total. The Balaban J connectivity index is 1.90. The highest BCUT2D eigenvalue weighted by atomic mass is 32.2. The summed E-state index contributed by atoms with van der Waals surface area (Å²) in [5, 5.41) is 0.966. The zero-order chi connectivity index (χ0) is 7.94. The Bertz CT molecular complexity index is 128. The summed E-state index contributed by atoms with van der Waals surface area (Å²) in [6.07, 6.45) is 13.1. The predicted octanol–water partition coefficient (Wildman–Crippen LogP) is 3.08. The van der Waals surface area contributed by atoms with E-state index in [1.54, 1.807) is 0 Å². The molecule has 0 aromatic rings. The molecule has 0 nitrogen and oxygen atoms in total. The molecule has 1 heteroatoms. The summed E-state index contributed by atoms with van der Waals surface area (Å²) in [7, 11) is 0. The lowest BCUT2D eigenvalue weighted by Crippen LogP contribution is -1.95. The SMILES string of the molecule is C#CCCCSC1CCCC1. The van der Waals surface area contributed by atoms with Crippen molar-refractivity contribution in [1.82, 2.24) is 0 Å². The summed E-state index contributed by atoms with van der Waals surface area (Å²) in [6, 6.07) is 0. The Hall–Kier alpha value is -0.0900. The van der Waals surface area contributed by atoms with Gasteiger partial charge in [-0.3, -0.25) is 0 Å². The van der Waals surface area contributed by atoms with Gasteiger partial charge in [-0.1, -0.05) is 12.8 Å². The van der Waals surface area contributed by atoms with Crippen molar-refractivity contribution < 1.29 is 0 Å². The number of unbranched alkanes of at least 4 members (excludes halogenated alkanes) is 1. The highest BCUT2D eigenvalue weighted by molar-refractivity contribution is 7.99. The zero-order valence-electron chi connectivity index (χ0n) is 7.01. The van der Waals surface area contributed by atoms with Crippen molar-refractivity contribution in [2.45, 2.75) is 43.8 Å². The summed E-state index contributed by atoms with van der Waals surface area (Å²) < 4.78 is 0. The molecule has 0 amide bonds. The Morgan fingerprint density at radius 3 is 2.73 bits per heavy atom. The second kappa shape index (κ2) is 5.55. The van der Waals surface area contributed by atoms with Crippen molar-refractivity contribution in [2.24, 2.45) is 0 Å². The average Bonchev–Trinajstić information content (AvgIpc) is 2.50. The molecule has 0 unspecified atom stereocenters. The fourth-order valence-electron chi connectivity index (χ4n) is 1.48. The normalized spacial score (nSPS) is 18.5. The predicted molar refractivity (Wildman–Crippen MR) is 52.8 cm³/mol. The van der Waals surface area contributed by atoms with Gasteiger partial charge in [-0.2, -0.15) is 11.8 Å². The molecule has 11 heavy (non-hydrogen) atoms. The van der Waals surface area contributed by atoms with Crippen LogP contribution in [0, 0.1) is 12.3 Å². The molecule has 0 heterocycles. The van der Waals surface area contributed by atoms with E-state index in [1.807, 2.05) is 0 Å². The van der Waals surface area contributed by atoms with Crippen LogP contribution in [0.4, 0.5) is 0 Å². The molecule has 0 aromatic heterocycles. The molecule has 0 saturated heterocycles. The van der Waals surface area contributed by atoms with Crippen LogP contribution < -0.4 is 0 Å². The van der Waals surface area contributed by atoms with Crippen LogP contribution in [0.25, 0.3) is 0 Å². The number of terminal acetylenes is 1. The first-order valence-electron chi connectivity index (χ1n) is 4.48. The molecule has 1 fully saturated rings. The second-order valence-corrected chi connectivity index (χ2v) is 4.49. The van der Waals surface area contributed by atoms with Crippen LogP contribution in [0.2, 0.25) is 0 Å². The lowest BCUT2D eigenvalue weighted by atomic mass is 10.4. The van der Waals surface area contributed by atoms with Gasteiger partial charge in [0.2, 0.25) is 0 Å². The maximum Gasteiger partial charge on any atom is 0.00939 e. The summed E-state index contributed by atoms with van der Waals surface area (Å²) in [6.45, 7) is 0. The van der Waals surface area contributed by atoms with Gasteiger partial charge >= 0.3 is 0 Å². The number of rotatable bonds is 4. The third-order valence-electron chi connectivity index (χ3n) is 2.12. The zero-order valence-corrected chi connectivity index (χ0v) is 7.83. The van der Waals surface area contributed by atoms with Crippen LogP contribution >= 0.6 is 11.8 Å². The summed E-state index contributed by atoms with van der Waals surface area (Å²) >= 11 is 2.13. The van der Waals surface area contributed by atoms with Gasteiger partial charge in [0.1, 0.15) is 0 Å². The van der Waals surface area contributed by atoms with E-state index in [4.69, 9.17) is 6.42 Å². The lowest BCUT2D eigenvalue weighted by molar-refractivity contribution is 0.886. The van der Waals surface area contributed by atoms with Crippen molar-refractivity contribution in [3.05, 3.63) is 0 Å². The van der Waals surface area contributed by atoms with E-state index in [9.17, 15) is 0 Å². The van der Waals surface area contributed by atoms with Crippen LogP contribution in [-0.2, 0) is 0 Å². The average molecular weight is 168 g/mol. The van der Waals surface area contributed by atoms with Gasteiger partial charge in [0.15, 0.2) is 0 Å². The molecule has 0 radical (unpaired) electrons. The van der Waals surface area contributed by atoms with Crippen LogP contribution in [0.1, 0.15) is 38.5 Å². The Morgan fingerprint density at radius 2 is 2.09 bits per heavy atom. The van der Waals surface area contributed by atoms with E-state index in [2.05, 4.69) is 17.7 Å². The Kier molecular flexibility index (Phi) is 4.54. The third-order valence-corrected chi connectivity index (χ3v) is 3.59. The second-order valence-electron chi connectivity index (χ2n) is 3.08.